The predicted octanol–water partition coefficient (Wildman–Crippen LogP) is 4.96. The Morgan fingerprint density at radius 2 is 2.07 bits per heavy atom. The van der Waals surface area contributed by atoms with Crippen molar-refractivity contribution < 1.29 is 14.2 Å². The molecule has 4 aromatic rings. The number of benzene rings is 1. The maximum absolute atomic E-state index is 6.31. The molecule has 0 aliphatic heterocycles. The average Bonchev–Trinajstić information content (AvgIpc) is 3.37. The standard InChI is InChI=1S/C21H21ClN4O3S/c1-13-20(29-11-14-6-17(22)18-9-23-12-26(18)10-14)25-30-21(13)24-8-15-4-5-16(27-2)7-19(15)28-3/h4-7,9-10,12,24H,8,11H2,1-3H3. The van der Waals surface area contributed by atoms with Crippen LogP contribution in [0.2, 0.25) is 5.02 Å². The number of ether oxygens (including phenoxy) is 3. The molecule has 0 radical (unpaired) electrons. The largest absolute Gasteiger partial charge is 0.497 e. The summed E-state index contributed by atoms with van der Waals surface area (Å²) in [6.45, 7) is 2.95. The average molecular weight is 445 g/mol. The highest BCUT2D eigenvalue weighted by Crippen LogP contribution is 2.32. The monoisotopic (exact) mass is 444 g/mol. The number of hydrogen-bond acceptors (Lipinski definition) is 7. The van der Waals surface area contributed by atoms with E-state index in [-0.39, 0.29) is 0 Å². The summed E-state index contributed by atoms with van der Waals surface area (Å²) in [7, 11) is 3.28. The highest BCUT2D eigenvalue weighted by atomic mass is 35.5. The van der Waals surface area contributed by atoms with Gasteiger partial charge in [-0.3, -0.25) is 0 Å². The minimum Gasteiger partial charge on any atom is -0.497 e. The van der Waals surface area contributed by atoms with Gasteiger partial charge < -0.3 is 23.9 Å². The minimum atomic E-state index is 0.365. The third-order valence-electron chi connectivity index (χ3n) is 4.72. The summed E-state index contributed by atoms with van der Waals surface area (Å²) in [6.07, 6.45) is 5.40. The molecule has 30 heavy (non-hydrogen) atoms. The first-order chi connectivity index (χ1) is 14.6. The Morgan fingerprint density at radius 3 is 2.87 bits per heavy atom. The van der Waals surface area contributed by atoms with Crippen molar-refractivity contribution in [1.29, 1.82) is 0 Å². The molecule has 0 fully saturated rings. The number of aromatic nitrogens is 3. The van der Waals surface area contributed by atoms with E-state index in [0.29, 0.717) is 24.1 Å². The lowest BCUT2D eigenvalue weighted by Crippen LogP contribution is -2.02. The Balaban J connectivity index is 1.42. The van der Waals surface area contributed by atoms with Gasteiger partial charge in [0.1, 0.15) is 23.1 Å². The van der Waals surface area contributed by atoms with E-state index in [1.54, 1.807) is 26.7 Å². The topological polar surface area (TPSA) is 69.9 Å². The smallest absolute Gasteiger partial charge is 0.230 e. The first-order valence-electron chi connectivity index (χ1n) is 9.23. The molecule has 3 heterocycles. The summed E-state index contributed by atoms with van der Waals surface area (Å²) in [5.41, 5.74) is 3.79. The number of methoxy groups -OCH3 is 2. The zero-order valence-corrected chi connectivity index (χ0v) is 18.4. The first-order valence-corrected chi connectivity index (χ1v) is 10.4. The van der Waals surface area contributed by atoms with E-state index < -0.39 is 0 Å². The maximum Gasteiger partial charge on any atom is 0.230 e. The lowest BCUT2D eigenvalue weighted by molar-refractivity contribution is 0.294. The number of anilines is 1. The van der Waals surface area contributed by atoms with Gasteiger partial charge in [-0.1, -0.05) is 11.6 Å². The van der Waals surface area contributed by atoms with Crippen LogP contribution in [-0.2, 0) is 13.2 Å². The molecule has 0 bridgehead atoms. The summed E-state index contributed by atoms with van der Waals surface area (Å²) in [4.78, 5) is 4.11. The summed E-state index contributed by atoms with van der Waals surface area (Å²) in [5.74, 6) is 2.13. The number of halogens is 1. The molecule has 0 aliphatic carbocycles. The van der Waals surface area contributed by atoms with Crippen LogP contribution in [0.3, 0.4) is 0 Å². The van der Waals surface area contributed by atoms with Crippen molar-refractivity contribution >= 4 is 33.7 Å². The Labute approximate surface area is 183 Å². The van der Waals surface area contributed by atoms with Crippen LogP contribution in [0.1, 0.15) is 16.7 Å². The molecule has 0 saturated heterocycles. The van der Waals surface area contributed by atoms with Crippen molar-refractivity contribution in [1.82, 2.24) is 13.8 Å². The van der Waals surface area contributed by atoms with Crippen LogP contribution in [0.15, 0.2) is 43.0 Å². The normalized spacial score (nSPS) is 10.9. The van der Waals surface area contributed by atoms with Gasteiger partial charge in [0.25, 0.3) is 0 Å². The third-order valence-corrected chi connectivity index (χ3v) is 5.91. The van der Waals surface area contributed by atoms with Gasteiger partial charge in [0.05, 0.1) is 37.3 Å². The predicted molar refractivity (Wildman–Crippen MR) is 118 cm³/mol. The van der Waals surface area contributed by atoms with E-state index in [4.69, 9.17) is 25.8 Å². The molecular formula is C21H21ClN4O3S. The van der Waals surface area contributed by atoms with E-state index in [0.717, 1.165) is 38.7 Å². The van der Waals surface area contributed by atoms with Crippen LogP contribution in [-0.4, -0.2) is 28.0 Å². The lowest BCUT2D eigenvalue weighted by atomic mass is 10.2. The van der Waals surface area contributed by atoms with Crippen molar-refractivity contribution in [2.45, 2.75) is 20.1 Å². The van der Waals surface area contributed by atoms with E-state index in [1.165, 1.54) is 11.5 Å². The lowest BCUT2D eigenvalue weighted by Gasteiger charge is -2.11. The van der Waals surface area contributed by atoms with Crippen molar-refractivity contribution in [3.63, 3.8) is 0 Å². The molecule has 0 aliphatic rings. The summed E-state index contributed by atoms with van der Waals surface area (Å²) < 4.78 is 23.0. The molecule has 0 saturated carbocycles. The highest BCUT2D eigenvalue weighted by Gasteiger charge is 2.13. The van der Waals surface area contributed by atoms with Crippen molar-refractivity contribution in [3.8, 4) is 17.4 Å². The zero-order chi connectivity index (χ0) is 21.1. The highest BCUT2D eigenvalue weighted by molar-refractivity contribution is 7.10. The molecule has 0 amide bonds. The molecule has 7 nitrogen and oxygen atoms in total. The number of pyridine rings is 1. The van der Waals surface area contributed by atoms with Crippen LogP contribution in [0.4, 0.5) is 5.00 Å². The number of hydrogen-bond donors (Lipinski definition) is 1. The summed E-state index contributed by atoms with van der Waals surface area (Å²) in [5, 5.41) is 5.00. The fraction of sp³-hybridized carbons (Fsp3) is 0.238. The fourth-order valence-electron chi connectivity index (χ4n) is 3.07. The van der Waals surface area contributed by atoms with E-state index in [9.17, 15) is 0 Å². The van der Waals surface area contributed by atoms with Gasteiger partial charge in [-0.15, -0.1) is 0 Å². The molecule has 0 atom stereocenters. The first kappa shape index (κ1) is 20.3. The zero-order valence-electron chi connectivity index (χ0n) is 16.8. The number of fused-ring (bicyclic) bond motifs is 1. The van der Waals surface area contributed by atoms with Gasteiger partial charge in [-0.05, 0) is 36.7 Å². The number of rotatable bonds is 8. The van der Waals surface area contributed by atoms with Crippen LogP contribution < -0.4 is 19.5 Å². The molecular weight excluding hydrogens is 424 g/mol. The van der Waals surface area contributed by atoms with E-state index in [2.05, 4.69) is 14.7 Å². The quantitative estimate of drug-likeness (QED) is 0.414. The Hall–Kier alpha value is -2.97. The van der Waals surface area contributed by atoms with Gasteiger partial charge in [0, 0.05) is 35.5 Å². The number of nitrogens with zero attached hydrogens (tertiary/aromatic N) is 3. The van der Waals surface area contributed by atoms with Gasteiger partial charge in [-0.2, -0.15) is 4.37 Å². The Bertz CT molecular complexity index is 1170. The van der Waals surface area contributed by atoms with Crippen LogP contribution in [0.5, 0.6) is 17.4 Å². The van der Waals surface area contributed by atoms with Gasteiger partial charge in [0.2, 0.25) is 5.88 Å². The van der Waals surface area contributed by atoms with Gasteiger partial charge in [-0.25, -0.2) is 4.98 Å². The molecule has 1 N–H and O–H groups in total. The second kappa shape index (κ2) is 8.81. The van der Waals surface area contributed by atoms with Crippen molar-refractivity contribution in [2.24, 2.45) is 0 Å². The van der Waals surface area contributed by atoms with Crippen LogP contribution in [0.25, 0.3) is 5.52 Å². The second-order valence-corrected chi connectivity index (χ2v) is 7.82. The van der Waals surface area contributed by atoms with Gasteiger partial charge >= 0.3 is 0 Å². The SMILES string of the molecule is COc1ccc(CNc2snc(OCc3cc(Cl)c4cncn4c3)c2C)c(OC)c1. The minimum absolute atomic E-state index is 0.365. The molecule has 3 aromatic heterocycles. The molecule has 0 unspecified atom stereocenters. The van der Waals surface area contributed by atoms with Crippen molar-refractivity contribution in [3.05, 3.63) is 64.7 Å². The summed E-state index contributed by atoms with van der Waals surface area (Å²) >= 11 is 7.67. The van der Waals surface area contributed by atoms with Gasteiger partial charge in [0.15, 0.2) is 0 Å². The van der Waals surface area contributed by atoms with E-state index in [1.807, 2.05) is 41.8 Å². The van der Waals surface area contributed by atoms with Crippen molar-refractivity contribution in [2.75, 3.05) is 19.5 Å². The molecule has 0 spiro atoms. The fourth-order valence-corrected chi connectivity index (χ4v) is 4.08. The molecule has 156 valence electrons. The van der Waals surface area contributed by atoms with Crippen LogP contribution >= 0.6 is 23.1 Å². The number of nitrogens with one attached hydrogen (secondary N) is 1. The molecule has 9 heteroatoms. The molecule has 4 rings (SSSR count). The van der Waals surface area contributed by atoms with E-state index >= 15 is 0 Å². The maximum atomic E-state index is 6.31. The molecule has 1 aromatic carbocycles. The second-order valence-electron chi connectivity index (χ2n) is 6.64. The number of imidazole rings is 1. The summed E-state index contributed by atoms with van der Waals surface area (Å²) in [6, 6.07) is 7.65. The Morgan fingerprint density at radius 1 is 1.20 bits per heavy atom. The van der Waals surface area contributed by atoms with Crippen LogP contribution in [0, 0.1) is 6.92 Å². The third kappa shape index (κ3) is 4.15. The Kier molecular flexibility index (Phi) is 5.96.